The zero-order valence-electron chi connectivity index (χ0n) is 21.4. The van der Waals surface area contributed by atoms with Crippen molar-refractivity contribution < 1.29 is 27.9 Å². The minimum absolute atomic E-state index is 0.0468. The lowest BCUT2D eigenvalue weighted by Gasteiger charge is -2.34. The average molecular weight is 523 g/mol. The van der Waals surface area contributed by atoms with Crippen LogP contribution in [0.25, 0.3) is 0 Å². The molecule has 11 heteroatoms. The molecule has 5 atom stereocenters. The number of aliphatic hydroxyl groups is 1. The number of aliphatic hydroxyl groups excluding tert-OH is 1. The van der Waals surface area contributed by atoms with Gasteiger partial charge in [-0.15, -0.1) is 0 Å². The molecule has 1 aromatic rings. The number of carbonyl (C=O) groups excluding carboxylic acids is 2. The number of carbonyl (C=O) groups is 2. The van der Waals surface area contributed by atoms with Gasteiger partial charge in [-0.25, -0.2) is 13.2 Å². The first-order valence-corrected chi connectivity index (χ1v) is 14.8. The molecule has 4 fully saturated rings. The quantitative estimate of drug-likeness (QED) is 0.607. The fraction of sp³-hybridized carbons (Fsp3) is 0.800. The van der Waals surface area contributed by atoms with E-state index in [0.29, 0.717) is 5.92 Å². The van der Waals surface area contributed by atoms with Gasteiger partial charge in [0.15, 0.2) is 6.23 Å². The first-order valence-electron chi connectivity index (χ1n) is 13.2. The summed E-state index contributed by atoms with van der Waals surface area (Å²) in [7, 11) is -3.70. The Labute approximate surface area is 212 Å². The average Bonchev–Trinajstić information content (AvgIpc) is 3.53. The molecule has 36 heavy (non-hydrogen) atoms. The van der Waals surface area contributed by atoms with Gasteiger partial charge in [-0.2, -0.15) is 14.1 Å². The SMILES string of the molecule is CC(C)(C)OC(=O)N[C@H](C(=O)n1nccc1C(O)N1C2CC3CCC2(C3)CS1(=O)=O)C1CCCCC1. The molecule has 1 amide bonds. The van der Waals surface area contributed by atoms with Crippen LogP contribution in [0, 0.1) is 17.3 Å². The Morgan fingerprint density at radius 3 is 2.61 bits per heavy atom. The topological polar surface area (TPSA) is 131 Å². The molecule has 0 radical (unpaired) electrons. The minimum atomic E-state index is -3.70. The number of nitrogens with zero attached hydrogens (tertiary/aromatic N) is 3. The van der Waals surface area contributed by atoms with Crippen molar-refractivity contribution in [2.24, 2.45) is 17.3 Å². The second kappa shape index (κ2) is 9.09. The predicted molar refractivity (Wildman–Crippen MR) is 131 cm³/mol. The van der Waals surface area contributed by atoms with Crippen LogP contribution in [0.4, 0.5) is 4.79 Å². The summed E-state index contributed by atoms with van der Waals surface area (Å²) in [5, 5.41) is 18.3. The maximum Gasteiger partial charge on any atom is 0.408 e. The highest BCUT2D eigenvalue weighted by molar-refractivity contribution is 7.89. The van der Waals surface area contributed by atoms with Crippen molar-refractivity contribution in [3.63, 3.8) is 0 Å². The number of nitrogens with one attached hydrogen (secondary N) is 1. The lowest BCUT2D eigenvalue weighted by atomic mass is 9.81. The van der Waals surface area contributed by atoms with Gasteiger partial charge in [0.1, 0.15) is 11.6 Å². The molecule has 2 heterocycles. The third kappa shape index (κ3) is 4.58. The van der Waals surface area contributed by atoms with E-state index in [1.807, 2.05) is 0 Å². The molecule has 3 saturated carbocycles. The summed E-state index contributed by atoms with van der Waals surface area (Å²) in [4.78, 5) is 26.5. The van der Waals surface area contributed by atoms with Crippen molar-refractivity contribution in [2.75, 3.05) is 5.75 Å². The molecule has 2 N–H and O–H groups in total. The summed E-state index contributed by atoms with van der Waals surface area (Å²) in [6, 6.07) is 0.334. The Balaban J connectivity index is 1.42. The first-order chi connectivity index (χ1) is 16.9. The molecule has 0 aromatic carbocycles. The van der Waals surface area contributed by atoms with Crippen LogP contribution in [0.3, 0.4) is 0 Å². The number of amides is 1. The van der Waals surface area contributed by atoms with Gasteiger partial charge in [-0.1, -0.05) is 19.3 Å². The second-order valence-electron chi connectivity index (χ2n) is 12.2. The Hall–Kier alpha value is -1.98. The number of fused-ring (bicyclic) bond motifs is 1. The van der Waals surface area contributed by atoms with E-state index in [-0.39, 0.29) is 28.8 Å². The summed E-state index contributed by atoms with van der Waals surface area (Å²) in [5.74, 6) is -0.0607. The Kier molecular flexibility index (Phi) is 6.48. The lowest BCUT2D eigenvalue weighted by Crippen LogP contribution is -2.51. The van der Waals surface area contributed by atoms with Crippen LogP contribution in [0.2, 0.25) is 0 Å². The zero-order valence-corrected chi connectivity index (χ0v) is 22.2. The van der Waals surface area contributed by atoms with Crippen molar-refractivity contribution >= 4 is 22.0 Å². The van der Waals surface area contributed by atoms with Crippen molar-refractivity contribution in [1.29, 1.82) is 0 Å². The van der Waals surface area contributed by atoms with E-state index < -0.39 is 39.9 Å². The van der Waals surface area contributed by atoms with E-state index in [1.165, 1.54) is 16.6 Å². The molecule has 3 aliphatic carbocycles. The number of ether oxygens (including phenoxy) is 1. The maximum absolute atomic E-state index is 13.8. The van der Waals surface area contributed by atoms with Gasteiger partial charge in [-0.05, 0) is 77.2 Å². The minimum Gasteiger partial charge on any atom is -0.444 e. The molecule has 2 bridgehead atoms. The van der Waals surface area contributed by atoms with Gasteiger partial charge in [-0.3, -0.25) is 4.79 Å². The molecule has 1 aromatic heterocycles. The van der Waals surface area contributed by atoms with Crippen LogP contribution in [0.15, 0.2) is 12.3 Å². The third-order valence-corrected chi connectivity index (χ3v) is 10.6. The third-order valence-electron chi connectivity index (χ3n) is 8.55. The molecule has 4 aliphatic rings. The highest BCUT2D eigenvalue weighted by Gasteiger charge is 2.64. The van der Waals surface area contributed by atoms with Crippen LogP contribution in [-0.4, -0.2) is 63.0 Å². The number of hydrogen-bond acceptors (Lipinski definition) is 7. The smallest absolute Gasteiger partial charge is 0.408 e. The van der Waals surface area contributed by atoms with Crippen molar-refractivity contribution in [1.82, 2.24) is 19.4 Å². The Morgan fingerprint density at radius 2 is 1.94 bits per heavy atom. The maximum atomic E-state index is 13.8. The monoisotopic (exact) mass is 522 g/mol. The summed E-state index contributed by atoms with van der Waals surface area (Å²) in [6.45, 7) is 5.26. The lowest BCUT2D eigenvalue weighted by molar-refractivity contribution is 0.0111. The molecule has 5 rings (SSSR count). The van der Waals surface area contributed by atoms with Crippen LogP contribution in [-0.2, 0) is 14.8 Å². The van der Waals surface area contributed by atoms with Crippen LogP contribution in [0.1, 0.15) is 95.3 Å². The number of hydrogen-bond donors (Lipinski definition) is 2. The number of aromatic nitrogens is 2. The normalized spacial score (nSPS) is 31.7. The molecular weight excluding hydrogens is 484 g/mol. The highest BCUT2D eigenvalue weighted by Crippen LogP contribution is 2.61. The summed E-state index contributed by atoms with van der Waals surface area (Å²) < 4.78 is 34.1. The van der Waals surface area contributed by atoms with Crippen molar-refractivity contribution in [2.45, 2.75) is 102 Å². The number of rotatable bonds is 5. The number of sulfonamides is 1. The molecular formula is C25H38N4O6S. The van der Waals surface area contributed by atoms with Gasteiger partial charge in [0.25, 0.3) is 5.91 Å². The second-order valence-corrected chi connectivity index (χ2v) is 14.1. The van der Waals surface area contributed by atoms with E-state index in [4.69, 9.17) is 4.74 Å². The Morgan fingerprint density at radius 1 is 1.22 bits per heavy atom. The molecule has 4 unspecified atom stereocenters. The largest absolute Gasteiger partial charge is 0.444 e. The van der Waals surface area contributed by atoms with Gasteiger partial charge in [0.05, 0.1) is 11.4 Å². The summed E-state index contributed by atoms with van der Waals surface area (Å²) in [5.41, 5.74) is -0.921. The molecule has 10 nitrogen and oxygen atoms in total. The standard InChI is InChI=1S/C25H38N4O6S/c1-24(2,3)35-23(32)27-20(17-7-5-4-6-8-17)22(31)28-18(10-12-26-28)21(30)29-19-13-16-9-11-25(19,14-16)15-36(29,33)34/h10,12,16-17,19-21,30H,4-9,11,13-15H2,1-3H3,(H,27,32)/t16?,19?,20-,21?,25?/m0/s1. The van der Waals surface area contributed by atoms with Crippen LogP contribution < -0.4 is 5.32 Å². The van der Waals surface area contributed by atoms with Crippen molar-refractivity contribution in [3.05, 3.63) is 18.0 Å². The number of alkyl carbamates (subject to hydrolysis) is 1. The predicted octanol–water partition coefficient (Wildman–Crippen LogP) is 3.19. The molecule has 1 aliphatic heterocycles. The van der Waals surface area contributed by atoms with E-state index in [9.17, 15) is 23.1 Å². The van der Waals surface area contributed by atoms with Gasteiger partial charge in [0.2, 0.25) is 10.0 Å². The fourth-order valence-electron chi connectivity index (χ4n) is 7.13. The highest BCUT2D eigenvalue weighted by atomic mass is 32.2. The van der Waals surface area contributed by atoms with E-state index in [1.54, 1.807) is 20.8 Å². The molecule has 1 spiro atoms. The van der Waals surface area contributed by atoms with Crippen LogP contribution >= 0.6 is 0 Å². The van der Waals surface area contributed by atoms with E-state index in [0.717, 1.165) is 62.5 Å². The van der Waals surface area contributed by atoms with Gasteiger partial charge < -0.3 is 15.2 Å². The van der Waals surface area contributed by atoms with Crippen LogP contribution in [0.5, 0.6) is 0 Å². The summed E-state index contributed by atoms with van der Waals surface area (Å²) in [6.07, 6.45) is 7.23. The molecule has 200 valence electrons. The van der Waals surface area contributed by atoms with E-state index in [2.05, 4.69) is 10.4 Å². The fourth-order valence-corrected chi connectivity index (χ4v) is 9.57. The van der Waals surface area contributed by atoms with Gasteiger partial charge >= 0.3 is 6.09 Å². The van der Waals surface area contributed by atoms with Crippen molar-refractivity contribution in [3.8, 4) is 0 Å². The first kappa shape index (κ1) is 25.7. The van der Waals surface area contributed by atoms with E-state index >= 15 is 0 Å². The summed E-state index contributed by atoms with van der Waals surface area (Å²) >= 11 is 0. The Bertz CT molecular complexity index is 1120. The molecule has 1 saturated heterocycles. The zero-order chi connectivity index (χ0) is 25.9. The van der Waals surface area contributed by atoms with Gasteiger partial charge in [0, 0.05) is 17.7 Å².